The Morgan fingerprint density at radius 2 is 1.12 bits per heavy atom. The number of hydrogen-bond acceptors (Lipinski definition) is 10. The zero-order chi connectivity index (χ0) is 38.8. The summed E-state index contributed by atoms with van der Waals surface area (Å²) in [5.74, 6) is -1.72. The van der Waals surface area contributed by atoms with Gasteiger partial charge in [0.1, 0.15) is 11.8 Å². The average molecular weight is 761 g/mol. The number of hydrogen-bond donors (Lipinski definition) is 6. The van der Waals surface area contributed by atoms with E-state index in [4.69, 9.17) is 14.6 Å². The molecule has 0 heterocycles. The fraction of sp³-hybridized carbons (Fsp3) is 0.838. The lowest BCUT2D eigenvalue weighted by atomic mass is 10.0. The molecule has 0 aromatic carbocycles. The molecule has 0 saturated heterocycles. The van der Waals surface area contributed by atoms with Gasteiger partial charge in [0.25, 0.3) is 0 Å². The third kappa shape index (κ3) is 31.9. The van der Waals surface area contributed by atoms with E-state index in [-0.39, 0.29) is 80.2 Å². The van der Waals surface area contributed by atoms with Gasteiger partial charge in [-0.2, -0.15) is 0 Å². The number of unbranched alkanes of at least 4 members (excludes halogenated alkanes) is 11. The standard InChI is InChI=1S/C37H68N4O10S/c1-4-32(42)31(40-29(2)3)27-52-28-35(45)39-22-24-51-26-25-50-23-21-38-33(43)20-19-30(37(48)49)41-34(44)17-15-13-11-9-7-5-6-8-10-12-14-16-18-36(46)47/h29-31,40H,4-28H2,1-3H3,(H,38,43)(H,39,45)(H,41,44)(H,46,47)(H,48,49). The SMILES string of the molecule is CCC(=O)C(CSCC(=O)NCCOCCOCCNC(=O)CCC(NC(=O)CCCCCCCCCCCCCCC(=O)O)C(=O)O)NC(C)C. The van der Waals surface area contributed by atoms with Gasteiger partial charge >= 0.3 is 11.9 Å². The van der Waals surface area contributed by atoms with Gasteiger partial charge in [0.15, 0.2) is 0 Å². The Balaban J connectivity index is 3.77. The first-order valence-corrected chi connectivity index (χ1v) is 20.4. The van der Waals surface area contributed by atoms with Gasteiger partial charge in [0.05, 0.1) is 38.2 Å². The van der Waals surface area contributed by atoms with Crippen molar-refractivity contribution in [1.29, 1.82) is 0 Å². The Morgan fingerprint density at radius 3 is 1.60 bits per heavy atom. The monoisotopic (exact) mass is 760 g/mol. The molecular weight excluding hydrogens is 692 g/mol. The molecule has 15 heteroatoms. The molecule has 0 aliphatic carbocycles. The summed E-state index contributed by atoms with van der Waals surface area (Å²) in [4.78, 5) is 70.6. The van der Waals surface area contributed by atoms with Crippen LogP contribution in [0.25, 0.3) is 0 Å². The quantitative estimate of drug-likeness (QED) is 0.0492. The molecule has 0 rings (SSSR count). The van der Waals surface area contributed by atoms with E-state index in [1.165, 1.54) is 31.0 Å². The van der Waals surface area contributed by atoms with Gasteiger partial charge in [-0.05, 0) is 19.3 Å². The minimum atomic E-state index is -1.17. The molecule has 0 aliphatic rings. The number of carbonyl (C=O) groups is 6. The maximum absolute atomic E-state index is 12.3. The fourth-order valence-electron chi connectivity index (χ4n) is 5.27. The summed E-state index contributed by atoms with van der Waals surface area (Å²) in [5.41, 5.74) is 0. The van der Waals surface area contributed by atoms with E-state index in [1.54, 1.807) is 0 Å². The summed E-state index contributed by atoms with van der Waals surface area (Å²) >= 11 is 1.42. The van der Waals surface area contributed by atoms with Crippen LogP contribution in [0, 0.1) is 0 Å². The van der Waals surface area contributed by atoms with Gasteiger partial charge < -0.3 is 41.0 Å². The van der Waals surface area contributed by atoms with E-state index < -0.39 is 18.0 Å². The van der Waals surface area contributed by atoms with E-state index in [9.17, 15) is 33.9 Å². The highest BCUT2D eigenvalue weighted by Crippen LogP contribution is 2.13. The molecule has 52 heavy (non-hydrogen) atoms. The van der Waals surface area contributed by atoms with Gasteiger partial charge in [-0.15, -0.1) is 11.8 Å². The van der Waals surface area contributed by atoms with Crippen molar-refractivity contribution in [2.45, 2.75) is 148 Å². The lowest BCUT2D eigenvalue weighted by molar-refractivity contribution is -0.142. The Morgan fingerprint density at radius 1 is 0.615 bits per heavy atom. The van der Waals surface area contributed by atoms with E-state index in [2.05, 4.69) is 21.3 Å². The van der Waals surface area contributed by atoms with Crippen LogP contribution in [0.2, 0.25) is 0 Å². The van der Waals surface area contributed by atoms with Crippen LogP contribution in [0.15, 0.2) is 0 Å². The van der Waals surface area contributed by atoms with Crippen LogP contribution in [0.1, 0.15) is 130 Å². The average Bonchev–Trinajstić information content (AvgIpc) is 3.09. The number of rotatable bonds is 37. The third-order valence-electron chi connectivity index (χ3n) is 8.14. The van der Waals surface area contributed by atoms with E-state index >= 15 is 0 Å². The number of thioether (sulfide) groups is 1. The molecule has 0 radical (unpaired) electrons. The highest BCUT2D eigenvalue weighted by molar-refractivity contribution is 8.00. The molecule has 302 valence electrons. The van der Waals surface area contributed by atoms with Crippen LogP contribution in [-0.2, 0) is 38.2 Å². The number of carbonyl (C=O) groups excluding carboxylic acids is 4. The molecule has 0 aliphatic heterocycles. The van der Waals surface area contributed by atoms with E-state index in [1.807, 2.05) is 20.8 Å². The molecule has 0 bridgehead atoms. The fourth-order valence-corrected chi connectivity index (χ4v) is 6.19. The van der Waals surface area contributed by atoms with Gasteiger partial charge in [0.2, 0.25) is 17.7 Å². The van der Waals surface area contributed by atoms with Crippen molar-refractivity contribution in [1.82, 2.24) is 21.3 Å². The molecule has 2 unspecified atom stereocenters. The molecule has 0 saturated carbocycles. The van der Waals surface area contributed by atoms with Crippen LogP contribution < -0.4 is 21.3 Å². The summed E-state index contributed by atoms with van der Waals surface area (Å²) in [6.07, 6.45) is 13.4. The normalized spacial score (nSPS) is 12.3. The summed E-state index contributed by atoms with van der Waals surface area (Å²) in [5, 5.41) is 29.4. The third-order valence-corrected chi connectivity index (χ3v) is 9.17. The number of ketones is 1. The lowest BCUT2D eigenvalue weighted by Crippen LogP contribution is -2.42. The van der Waals surface area contributed by atoms with E-state index in [0.29, 0.717) is 45.0 Å². The molecular formula is C37H68N4O10S. The summed E-state index contributed by atoms with van der Waals surface area (Å²) in [6, 6.07) is -1.19. The smallest absolute Gasteiger partial charge is 0.326 e. The predicted octanol–water partition coefficient (Wildman–Crippen LogP) is 4.23. The maximum atomic E-state index is 12.3. The van der Waals surface area contributed by atoms with Gasteiger partial charge in [-0.1, -0.05) is 85.0 Å². The Kier molecular flexibility index (Phi) is 32.2. The maximum Gasteiger partial charge on any atom is 0.326 e. The molecule has 14 nitrogen and oxygen atoms in total. The molecule has 0 spiro atoms. The highest BCUT2D eigenvalue weighted by atomic mass is 32.2. The Bertz CT molecular complexity index is 1000. The zero-order valence-corrected chi connectivity index (χ0v) is 32.8. The number of Topliss-reactive ketones (excluding diaryl/α,β-unsaturated/α-hetero) is 1. The molecule has 6 N–H and O–H groups in total. The largest absolute Gasteiger partial charge is 0.481 e. The van der Waals surface area contributed by atoms with Crippen molar-refractivity contribution in [3.8, 4) is 0 Å². The number of carboxylic acid groups (broad SMARTS) is 2. The molecule has 2 atom stereocenters. The summed E-state index contributed by atoms with van der Waals surface area (Å²) in [7, 11) is 0. The number of carboxylic acids is 2. The van der Waals surface area contributed by atoms with Crippen molar-refractivity contribution in [2.24, 2.45) is 0 Å². The molecule has 0 aromatic heterocycles. The van der Waals surface area contributed by atoms with Crippen molar-refractivity contribution in [3.63, 3.8) is 0 Å². The van der Waals surface area contributed by atoms with Crippen molar-refractivity contribution in [2.75, 3.05) is 51.0 Å². The zero-order valence-electron chi connectivity index (χ0n) is 32.0. The topological polar surface area (TPSA) is 209 Å². The Labute approximate surface area is 315 Å². The van der Waals surface area contributed by atoms with Gasteiger partial charge in [0, 0.05) is 50.6 Å². The van der Waals surface area contributed by atoms with Gasteiger partial charge in [-0.3, -0.25) is 24.0 Å². The Hall–Kier alpha value is -2.75. The number of ether oxygens (including phenoxy) is 2. The first kappa shape index (κ1) is 49.2. The predicted molar refractivity (Wildman–Crippen MR) is 203 cm³/mol. The van der Waals surface area contributed by atoms with E-state index in [0.717, 1.165) is 51.4 Å². The summed E-state index contributed by atoms with van der Waals surface area (Å²) < 4.78 is 10.9. The molecule has 3 amide bonds. The minimum absolute atomic E-state index is 0.00639. The highest BCUT2D eigenvalue weighted by Gasteiger charge is 2.21. The van der Waals surface area contributed by atoms with Crippen molar-refractivity contribution < 1.29 is 48.5 Å². The minimum Gasteiger partial charge on any atom is -0.481 e. The van der Waals surface area contributed by atoms with Crippen molar-refractivity contribution in [3.05, 3.63) is 0 Å². The van der Waals surface area contributed by atoms with Crippen molar-refractivity contribution >= 4 is 47.2 Å². The molecule has 0 aromatic rings. The lowest BCUT2D eigenvalue weighted by Gasteiger charge is -2.19. The van der Waals surface area contributed by atoms with Crippen LogP contribution in [-0.4, -0.2) is 115 Å². The van der Waals surface area contributed by atoms with Crippen LogP contribution in [0.5, 0.6) is 0 Å². The van der Waals surface area contributed by atoms with Crippen LogP contribution >= 0.6 is 11.8 Å². The first-order valence-electron chi connectivity index (χ1n) is 19.3. The first-order chi connectivity index (χ1) is 25.0. The number of aliphatic carboxylic acids is 2. The number of nitrogens with one attached hydrogen (secondary N) is 4. The second kappa shape index (κ2) is 34.0. The van der Waals surface area contributed by atoms with Crippen LogP contribution in [0.3, 0.4) is 0 Å². The second-order valence-electron chi connectivity index (χ2n) is 13.3. The number of amides is 3. The van der Waals surface area contributed by atoms with Gasteiger partial charge in [-0.25, -0.2) is 4.79 Å². The second-order valence-corrected chi connectivity index (χ2v) is 14.3. The van der Waals surface area contributed by atoms with Crippen LogP contribution in [0.4, 0.5) is 0 Å². The molecule has 0 fully saturated rings. The summed E-state index contributed by atoms with van der Waals surface area (Å²) in [6.45, 7) is 7.62.